The first-order valence-corrected chi connectivity index (χ1v) is 8.42. The second kappa shape index (κ2) is 5.91. The predicted molar refractivity (Wildman–Crippen MR) is 84.5 cm³/mol. The number of aromatic nitrogens is 1. The van der Waals surface area contributed by atoms with Gasteiger partial charge in [-0.2, -0.15) is 26.3 Å². The van der Waals surface area contributed by atoms with Crippen molar-refractivity contribution in [3.63, 3.8) is 0 Å². The molecule has 142 valence electrons. The maximum Gasteiger partial charge on any atom is 0.430 e. The van der Waals surface area contributed by atoms with Gasteiger partial charge < -0.3 is 9.30 Å². The van der Waals surface area contributed by atoms with Gasteiger partial charge in [0.15, 0.2) is 0 Å². The van der Waals surface area contributed by atoms with Crippen molar-refractivity contribution in [1.82, 2.24) is 4.57 Å². The standard InChI is InChI=1S/C16H13F6NO2S/c1-8-5-12(24)23-3-4-26-11-7-9(6-10(8)13(11)23)14(25-2,15(17,18)19)16(20,21)22/h5-7H,3-4H2,1-2H3. The zero-order valence-electron chi connectivity index (χ0n) is 13.6. The van der Waals surface area contributed by atoms with Gasteiger partial charge >= 0.3 is 12.4 Å². The molecule has 1 aromatic heterocycles. The smallest absolute Gasteiger partial charge is 0.357 e. The maximum atomic E-state index is 13.5. The molecular formula is C16H13F6NO2S. The van der Waals surface area contributed by atoms with Crippen molar-refractivity contribution in [1.29, 1.82) is 0 Å². The molecule has 0 N–H and O–H groups in total. The van der Waals surface area contributed by atoms with Crippen LogP contribution in [0.5, 0.6) is 0 Å². The summed E-state index contributed by atoms with van der Waals surface area (Å²) in [6, 6.07) is 2.86. The molecule has 1 aliphatic rings. The minimum absolute atomic E-state index is 0.166. The molecule has 1 aliphatic heterocycles. The second-order valence-corrected chi connectivity index (χ2v) is 7.05. The van der Waals surface area contributed by atoms with Crippen molar-refractivity contribution in [3.8, 4) is 0 Å². The number of nitrogens with zero attached hydrogens (tertiary/aromatic N) is 1. The average molecular weight is 397 g/mol. The van der Waals surface area contributed by atoms with Crippen LogP contribution in [-0.4, -0.2) is 29.8 Å². The van der Waals surface area contributed by atoms with E-state index in [1.54, 1.807) is 0 Å². The van der Waals surface area contributed by atoms with E-state index in [0.29, 0.717) is 30.5 Å². The fourth-order valence-corrected chi connectivity index (χ4v) is 4.32. The summed E-state index contributed by atoms with van der Waals surface area (Å²) in [7, 11) is 0.387. The number of pyridine rings is 1. The predicted octanol–water partition coefficient (Wildman–Crippen LogP) is 4.38. The van der Waals surface area contributed by atoms with E-state index in [1.165, 1.54) is 17.6 Å². The van der Waals surface area contributed by atoms with Crippen molar-refractivity contribution in [3.05, 3.63) is 39.7 Å². The van der Waals surface area contributed by atoms with E-state index >= 15 is 0 Å². The summed E-state index contributed by atoms with van der Waals surface area (Å²) < 4.78 is 86.7. The molecule has 0 bridgehead atoms. The van der Waals surface area contributed by atoms with Crippen LogP contribution in [0.2, 0.25) is 0 Å². The molecule has 1 aromatic carbocycles. The first-order valence-electron chi connectivity index (χ1n) is 7.44. The molecule has 0 unspecified atom stereocenters. The lowest BCUT2D eigenvalue weighted by Gasteiger charge is -2.37. The Hall–Kier alpha value is -1.68. The highest BCUT2D eigenvalue weighted by Gasteiger charge is 2.73. The number of methoxy groups -OCH3 is 1. The summed E-state index contributed by atoms with van der Waals surface area (Å²) in [5, 5.41) is 0.166. The molecule has 0 spiro atoms. The van der Waals surface area contributed by atoms with Gasteiger partial charge in [-0.1, -0.05) is 0 Å². The summed E-state index contributed by atoms with van der Waals surface area (Å²) in [5.41, 5.74) is -5.18. The van der Waals surface area contributed by atoms with E-state index in [2.05, 4.69) is 4.74 Å². The summed E-state index contributed by atoms with van der Waals surface area (Å²) in [6.07, 6.45) is -11.4. The third kappa shape index (κ3) is 2.53. The van der Waals surface area contributed by atoms with Gasteiger partial charge in [0, 0.05) is 41.3 Å². The molecule has 2 aromatic rings. The highest BCUT2D eigenvalue weighted by atomic mass is 32.2. The summed E-state index contributed by atoms with van der Waals surface area (Å²) in [4.78, 5) is 12.3. The first-order chi connectivity index (χ1) is 11.9. The minimum atomic E-state index is -5.72. The second-order valence-electron chi connectivity index (χ2n) is 5.92. The van der Waals surface area contributed by atoms with Crippen LogP contribution in [0.15, 0.2) is 27.9 Å². The molecule has 0 fully saturated rings. The molecule has 3 nitrogen and oxygen atoms in total. The first kappa shape index (κ1) is 19.1. The molecule has 0 saturated heterocycles. The Labute approximate surface area is 147 Å². The Morgan fingerprint density at radius 1 is 1.08 bits per heavy atom. The number of rotatable bonds is 2. The van der Waals surface area contributed by atoms with Gasteiger partial charge in [0.05, 0.1) is 5.52 Å². The van der Waals surface area contributed by atoms with Crippen LogP contribution < -0.4 is 5.56 Å². The van der Waals surface area contributed by atoms with Crippen molar-refractivity contribution in [2.45, 2.75) is 36.3 Å². The van der Waals surface area contributed by atoms with Crippen LogP contribution in [0.3, 0.4) is 0 Å². The van der Waals surface area contributed by atoms with E-state index in [-0.39, 0.29) is 15.8 Å². The van der Waals surface area contributed by atoms with E-state index in [4.69, 9.17) is 0 Å². The van der Waals surface area contributed by atoms with Crippen LogP contribution in [-0.2, 0) is 16.9 Å². The van der Waals surface area contributed by atoms with Gasteiger partial charge in [-0.25, -0.2) is 0 Å². The molecule has 0 amide bonds. The number of ether oxygens (including phenoxy) is 1. The maximum absolute atomic E-state index is 13.5. The van der Waals surface area contributed by atoms with Crippen molar-refractivity contribution in [2.24, 2.45) is 0 Å². The molecule has 0 aliphatic carbocycles. The van der Waals surface area contributed by atoms with Crippen LogP contribution in [0.1, 0.15) is 11.1 Å². The molecule has 26 heavy (non-hydrogen) atoms. The lowest BCUT2D eigenvalue weighted by Crippen LogP contribution is -2.55. The van der Waals surface area contributed by atoms with Crippen molar-refractivity contribution in [2.75, 3.05) is 12.9 Å². The van der Waals surface area contributed by atoms with Gasteiger partial charge in [0.25, 0.3) is 11.2 Å². The normalized spacial score (nSPS) is 15.5. The minimum Gasteiger partial charge on any atom is -0.357 e. The number of halogens is 6. The summed E-state index contributed by atoms with van der Waals surface area (Å²) in [5.74, 6) is 0.368. The average Bonchev–Trinajstić information content (AvgIpc) is 2.50. The van der Waals surface area contributed by atoms with Gasteiger partial charge in [0.2, 0.25) is 0 Å². The summed E-state index contributed by atoms with van der Waals surface area (Å²) >= 11 is 1.11. The van der Waals surface area contributed by atoms with Crippen molar-refractivity contribution < 1.29 is 31.1 Å². The SMILES string of the molecule is COC(c1cc2c3c(c1)c(C)cc(=O)n3CCS2)(C(F)(F)F)C(F)(F)F. The van der Waals surface area contributed by atoms with E-state index in [0.717, 1.165) is 23.9 Å². The molecule has 3 rings (SSSR count). The molecule has 0 saturated carbocycles. The monoisotopic (exact) mass is 397 g/mol. The van der Waals surface area contributed by atoms with Crippen LogP contribution >= 0.6 is 11.8 Å². The Balaban J connectivity index is 2.45. The fourth-order valence-electron chi connectivity index (χ4n) is 3.26. The number of benzene rings is 1. The molecule has 10 heteroatoms. The van der Waals surface area contributed by atoms with E-state index in [9.17, 15) is 31.1 Å². The highest BCUT2D eigenvalue weighted by Crippen LogP contribution is 2.53. The molecular weight excluding hydrogens is 384 g/mol. The van der Waals surface area contributed by atoms with Crippen LogP contribution in [0, 0.1) is 6.92 Å². The topological polar surface area (TPSA) is 31.2 Å². The van der Waals surface area contributed by atoms with Gasteiger partial charge in [-0.05, 0) is 24.6 Å². The molecule has 0 radical (unpaired) electrons. The lowest BCUT2D eigenvalue weighted by atomic mass is 9.90. The lowest BCUT2D eigenvalue weighted by molar-refractivity contribution is -0.383. The third-order valence-electron chi connectivity index (χ3n) is 4.46. The quantitative estimate of drug-likeness (QED) is 0.705. The van der Waals surface area contributed by atoms with Crippen molar-refractivity contribution >= 4 is 22.7 Å². The number of thioether (sulfide) groups is 1. The Morgan fingerprint density at radius 2 is 1.69 bits per heavy atom. The van der Waals surface area contributed by atoms with Crippen LogP contribution in [0.4, 0.5) is 26.3 Å². The van der Waals surface area contributed by atoms with Gasteiger partial charge in [-0.15, -0.1) is 11.8 Å². The zero-order chi connectivity index (χ0) is 19.5. The Bertz CT molecular complexity index is 917. The molecule has 0 atom stereocenters. The molecule has 2 heterocycles. The number of hydrogen-bond acceptors (Lipinski definition) is 3. The highest BCUT2D eigenvalue weighted by molar-refractivity contribution is 7.99. The largest absolute Gasteiger partial charge is 0.430 e. The third-order valence-corrected chi connectivity index (χ3v) is 5.47. The zero-order valence-corrected chi connectivity index (χ0v) is 14.4. The van der Waals surface area contributed by atoms with E-state index < -0.39 is 23.5 Å². The summed E-state index contributed by atoms with van der Waals surface area (Å²) in [6.45, 7) is 1.81. The fraction of sp³-hybridized carbons (Fsp3) is 0.438. The Morgan fingerprint density at radius 3 is 2.23 bits per heavy atom. The number of alkyl halides is 6. The van der Waals surface area contributed by atoms with Gasteiger partial charge in [-0.3, -0.25) is 4.79 Å². The van der Waals surface area contributed by atoms with E-state index in [1.807, 2.05) is 0 Å². The number of aryl methyl sites for hydroxylation is 2. The van der Waals surface area contributed by atoms with Crippen LogP contribution in [0.25, 0.3) is 10.9 Å². The Kier molecular flexibility index (Phi) is 4.34. The number of hydrogen-bond donors (Lipinski definition) is 0. The van der Waals surface area contributed by atoms with Gasteiger partial charge in [0.1, 0.15) is 0 Å².